The van der Waals surface area contributed by atoms with Crippen molar-refractivity contribution in [3.8, 4) is 33.6 Å². The molecule has 0 fully saturated rings. The minimum Gasteiger partial charge on any atom is -0.251 e. The van der Waals surface area contributed by atoms with Crippen molar-refractivity contribution in [2.24, 2.45) is 0 Å². The van der Waals surface area contributed by atoms with E-state index >= 15 is 0 Å². The van der Waals surface area contributed by atoms with Crippen LogP contribution in [-0.2, 0) is 6.42 Å². The van der Waals surface area contributed by atoms with Crippen molar-refractivity contribution in [2.75, 3.05) is 0 Å². The van der Waals surface area contributed by atoms with Crippen LogP contribution in [-0.4, -0.2) is 24.6 Å². The summed E-state index contributed by atoms with van der Waals surface area (Å²) in [5, 5.41) is 7.00. The second kappa shape index (κ2) is 8.89. The van der Waals surface area contributed by atoms with Crippen LogP contribution in [0.15, 0.2) is 103 Å². The van der Waals surface area contributed by atoms with Gasteiger partial charge >= 0.3 is 0 Å². The molecule has 0 amide bonds. The van der Waals surface area contributed by atoms with Crippen LogP contribution in [0.4, 0.5) is 0 Å². The van der Waals surface area contributed by atoms with E-state index in [1.54, 1.807) is 0 Å². The molecule has 5 nitrogen and oxygen atoms in total. The molecule has 0 saturated heterocycles. The maximum atomic E-state index is 4.99. The highest BCUT2D eigenvalue weighted by molar-refractivity contribution is 6.08. The number of rotatable bonds is 4. The summed E-state index contributed by atoms with van der Waals surface area (Å²) in [4.78, 5) is 14.7. The number of aromatic nitrogens is 5. The first kappa shape index (κ1) is 22.3. The number of benzene rings is 3. The summed E-state index contributed by atoms with van der Waals surface area (Å²) in [6.45, 7) is 4.17. The van der Waals surface area contributed by atoms with Crippen LogP contribution < -0.4 is 0 Å². The first-order valence-corrected chi connectivity index (χ1v) is 12.9. The van der Waals surface area contributed by atoms with Gasteiger partial charge in [0.05, 0.1) is 11.0 Å². The average molecular weight is 492 g/mol. The first-order chi connectivity index (χ1) is 18.7. The monoisotopic (exact) mass is 491 g/mol. The lowest BCUT2D eigenvalue weighted by Crippen LogP contribution is -1.95. The minimum atomic E-state index is 0.708. The Morgan fingerprint density at radius 3 is 2.24 bits per heavy atom. The number of hydrogen-bond acceptors (Lipinski definition) is 4. The van der Waals surface area contributed by atoms with Gasteiger partial charge in [-0.15, -0.1) is 5.10 Å². The minimum absolute atomic E-state index is 0.708. The second-order valence-electron chi connectivity index (χ2n) is 9.57. The van der Waals surface area contributed by atoms with Crippen molar-refractivity contribution >= 4 is 27.5 Å². The zero-order valence-corrected chi connectivity index (χ0v) is 21.3. The van der Waals surface area contributed by atoms with E-state index in [1.165, 1.54) is 0 Å². The SMILES string of the molecule is CCc1cc(-c2ccc(-c3nc4c(-c5ccccc5)cccn4n3)cc2)c2ccc3ccc(C)nc3c2n1. The summed E-state index contributed by atoms with van der Waals surface area (Å²) < 4.78 is 1.86. The molecule has 0 saturated carbocycles. The van der Waals surface area contributed by atoms with Crippen LogP contribution in [0, 0.1) is 6.92 Å². The predicted molar refractivity (Wildman–Crippen MR) is 154 cm³/mol. The topological polar surface area (TPSA) is 56.0 Å². The van der Waals surface area contributed by atoms with Gasteiger partial charge in [-0.3, -0.25) is 9.97 Å². The van der Waals surface area contributed by atoms with E-state index in [4.69, 9.17) is 20.1 Å². The van der Waals surface area contributed by atoms with Crippen LogP contribution in [0.5, 0.6) is 0 Å². The first-order valence-electron chi connectivity index (χ1n) is 12.9. The number of hydrogen-bond donors (Lipinski definition) is 0. The summed E-state index contributed by atoms with van der Waals surface area (Å²) in [5.74, 6) is 0.708. The lowest BCUT2D eigenvalue weighted by molar-refractivity contribution is 0.967. The van der Waals surface area contributed by atoms with Gasteiger partial charge < -0.3 is 0 Å². The molecule has 7 rings (SSSR count). The van der Waals surface area contributed by atoms with Crippen LogP contribution in [0.3, 0.4) is 0 Å². The maximum absolute atomic E-state index is 4.99. The Morgan fingerprint density at radius 1 is 0.658 bits per heavy atom. The Balaban J connectivity index is 1.33. The van der Waals surface area contributed by atoms with Gasteiger partial charge in [0.1, 0.15) is 0 Å². The largest absolute Gasteiger partial charge is 0.251 e. The van der Waals surface area contributed by atoms with E-state index in [0.29, 0.717) is 5.82 Å². The third-order valence-corrected chi connectivity index (χ3v) is 7.09. The van der Waals surface area contributed by atoms with Crippen molar-refractivity contribution in [3.05, 3.63) is 115 Å². The molecule has 0 radical (unpaired) electrons. The zero-order valence-electron chi connectivity index (χ0n) is 21.3. The fourth-order valence-corrected chi connectivity index (χ4v) is 5.11. The lowest BCUT2D eigenvalue weighted by atomic mass is 9.97. The molecule has 0 spiro atoms. The Bertz CT molecular complexity index is 1950. The molecule has 5 heteroatoms. The molecule has 0 aliphatic heterocycles. The lowest BCUT2D eigenvalue weighted by Gasteiger charge is -2.12. The highest BCUT2D eigenvalue weighted by Crippen LogP contribution is 2.34. The quantitative estimate of drug-likeness (QED) is 0.237. The summed E-state index contributed by atoms with van der Waals surface area (Å²) in [7, 11) is 0. The molecule has 38 heavy (non-hydrogen) atoms. The maximum Gasteiger partial charge on any atom is 0.182 e. The standard InChI is InChI=1S/C33H25N5/c1-3-26-20-29(28-18-17-24-12-11-21(2)34-30(24)31(28)35-26)23-13-15-25(16-14-23)32-36-33-27(10-7-19-38(33)37-32)22-8-5-4-6-9-22/h4-20H,3H2,1-2H3. The number of aryl methyl sites for hydroxylation is 2. The third-order valence-electron chi connectivity index (χ3n) is 7.09. The summed E-state index contributed by atoms with van der Waals surface area (Å²) >= 11 is 0. The number of pyridine rings is 3. The molecule has 0 aliphatic rings. The van der Waals surface area contributed by atoms with Crippen molar-refractivity contribution in [1.82, 2.24) is 24.6 Å². The molecular formula is C33H25N5. The smallest absolute Gasteiger partial charge is 0.182 e. The van der Waals surface area contributed by atoms with Crippen molar-refractivity contribution in [3.63, 3.8) is 0 Å². The van der Waals surface area contributed by atoms with Crippen molar-refractivity contribution in [2.45, 2.75) is 20.3 Å². The van der Waals surface area contributed by atoms with E-state index in [0.717, 1.165) is 73.1 Å². The molecule has 4 heterocycles. The third kappa shape index (κ3) is 3.71. The molecule has 0 atom stereocenters. The van der Waals surface area contributed by atoms with Gasteiger partial charge in [-0.2, -0.15) is 0 Å². The van der Waals surface area contributed by atoms with Gasteiger partial charge in [0.25, 0.3) is 0 Å². The number of fused-ring (bicyclic) bond motifs is 4. The van der Waals surface area contributed by atoms with E-state index in [1.807, 2.05) is 48.0 Å². The molecule has 182 valence electrons. The highest BCUT2D eigenvalue weighted by atomic mass is 15.3. The normalized spacial score (nSPS) is 11.5. The number of nitrogens with zero attached hydrogens (tertiary/aromatic N) is 5. The second-order valence-corrected chi connectivity index (χ2v) is 9.57. The van der Waals surface area contributed by atoms with Crippen LogP contribution in [0.25, 0.3) is 61.1 Å². The molecule has 7 aromatic rings. The van der Waals surface area contributed by atoms with E-state index in [-0.39, 0.29) is 0 Å². The highest BCUT2D eigenvalue weighted by Gasteiger charge is 2.14. The predicted octanol–water partition coefficient (Wildman–Crippen LogP) is 7.70. The van der Waals surface area contributed by atoms with E-state index in [9.17, 15) is 0 Å². The molecule has 0 aliphatic carbocycles. The summed E-state index contributed by atoms with van der Waals surface area (Å²) in [6, 6.07) is 33.6. The van der Waals surface area contributed by atoms with E-state index < -0.39 is 0 Å². The average Bonchev–Trinajstić information content (AvgIpc) is 3.42. The van der Waals surface area contributed by atoms with Crippen molar-refractivity contribution < 1.29 is 0 Å². The molecule has 0 bridgehead atoms. The Hall–Kier alpha value is -4.90. The van der Waals surface area contributed by atoms with Gasteiger partial charge in [-0.25, -0.2) is 9.50 Å². The van der Waals surface area contributed by atoms with Gasteiger partial charge in [0.2, 0.25) is 0 Å². The van der Waals surface area contributed by atoms with Gasteiger partial charge in [-0.1, -0.05) is 79.7 Å². The molecule has 0 N–H and O–H groups in total. The van der Waals surface area contributed by atoms with Gasteiger partial charge in [-0.05, 0) is 54.3 Å². The molecular weight excluding hydrogens is 466 g/mol. The zero-order chi connectivity index (χ0) is 25.6. The van der Waals surface area contributed by atoms with Crippen LogP contribution in [0.2, 0.25) is 0 Å². The Morgan fingerprint density at radius 2 is 1.42 bits per heavy atom. The molecule has 4 aromatic heterocycles. The van der Waals surface area contributed by atoms with E-state index in [2.05, 4.69) is 73.7 Å². The Kier molecular flexibility index (Phi) is 5.22. The summed E-state index contributed by atoms with van der Waals surface area (Å²) in [5.41, 5.74) is 10.3. The fraction of sp³-hybridized carbons (Fsp3) is 0.0909. The van der Waals surface area contributed by atoms with Gasteiger partial charge in [0.15, 0.2) is 11.5 Å². The van der Waals surface area contributed by atoms with Crippen LogP contribution in [0.1, 0.15) is 18.3 Å². The summed E-state index contributed by atoms with van der Waals surface area (Å²) in [6.07, 6.45) is 2.81. The fourth-order valence-electron chi connectivity index (χ4n) is 5.11. The van der Waals surface area contributed by atoms with Crippen LogP contribution >= 0.6 is 0 Å². The van der Waals surface area contributed by atoms with Crippen molar-refractivity contribution in [1.29, 1.82) is 0 Å². The molecule has 0 unspecified atom stereocenters. The Labute approximate surface area is 220 Å². The van der Waals surface area contributed by atoms with Gasteiger partial charge in [0, 0.05) is 39.5 Å². The molecule has 3 aromatic carbocycles.